The van der Waals surface area contributed by atoms with E-state index in [2.05, 4.69) is 20.8 Å². The van der Waals surface area contributed by atoms with E-state index in [1.165, 1.54) is 0 Å². The molecule has 0 bridgehead atoms. The molecule has 0 saturated heterocycles. The zero-order valence-corrected chi connectivity index (χ0v) is 17.2. The first-order valence-corrected chi connectivity index (χ1v) is 10.1. The molecule has 0 spiro atoms. The molecule has 0 amide bonds. The van der Waals surface area contributed by atoms with Crippen LogP contribution in [0.25, 0.3) is 10.8 Å². The molecule has 0 fully saturated rings. The number of tetrazole rings is 1. The second-order valence-corrected chi connectivity index (χ2v) is 7.54. The van der Waals surface area contributed by atoms with Crippen LogP contribution in [0.1, 0.15) is 37.1 Å². The van der Waals surface area contributed by atoms with E-state index >= 15 is 0 Å². The highest BCUT2D eigenvalue weighted by atomic mass is 16.5. The average Bonchev–Trinajstić information content (AvgIpc) is 3.26. The van der Waals surface area contributed by atoms with Crippen molar-refractivity contribution in [3.63, 3.8) is 0 Å². The lowest BCUT2D eigenvalue weighted by molar-refractivity contribution is -0.144. The average molecular weight is 411 g/mol. The largest absolute Gasteiger partial charge is 0.454 e. The van der Waals surface area contributed by atoms with Crippen molar-refractivity contribution >= 4 is 22.7 Å². The molecule has 1 aliphatic rings. The van der Waals surface area contributed by atoms with Crippen LogP contribution in [0, 0.1) is 0 Å². The lowest BCUT2D eigenvalue weighted by atomic mass is 9.91. The number of nitrogens with one attached hydrogen (secondary N) is 1. The van der Waals surface area contributed by atoms with Gasteiger partial charge in [0.05, 0.1) is 5.57 Å². The first-order chi connectivity index (χ1) is 15.1. The fraction of sp³-hybridized carbons (Fsp3) is 0.167. The Labute approximate surface area is 179 Å². The van der Waals surface area contributed by atoms with Crippen molar-refractivity contribution in [3.8, 4) is 0 Å². The minimum absolute atomic E-state index is 0.391. The Morgan fingerprint density at radius 2 is 1.77 bits per heavy atom. The summed E-state index contributed by atoms with van der Waals surface area (Å²) in [6.45, 7) is 3.72. The highest BCUT2D eigenvalue weighted by molar-refractivity contribution is 5.95. The Morgan fingerprint density at radius 3 is 2.61 bits per heavy atom. The summed E-state index contributed by atoms with van der Waals surface area (Å²) in [4.78, 5) is 13.4. The van der Waals surface area contributed by atoms with Crippen molar-refractivity contribution in [3.05, 3.63) is 95.2 Å². The van der Waals surface area contributed by atoms with E-state index in [1.54, 1.807) is 4.68 Å². The predicted octanol–water partition coefficient (Wildman–Crippen LogP) is 4.42. The van der Waals surface area contributed by atoms with Crippen LogP contribution >= 0.6 is 0 Å². The molecular formula is C24H21N5O2. The van der Waals surface area contributed by atoms with Crippen molar-refractivity contribution in [2.45, 2.75) is 26.0 Å². The molecule has 2 heterocycles. The maximum absolute atomic E-state index is 13.4. The molecule has 0 aliphatic carbocycles. The Kier molecular flexibility index (Phi) is 4.71. The second kappa shape index (κ2) is 7.68. The van der Waals surface area contributed by atoms with E-state index in [9.17, 15) is 4.79 Å². The summed E-state index contributed by atoms with van der Waals surface area (Å²) in [7, 11) is 0. The van der Waals surface area contributed by atoms with Gasteiger partial charge in [-0.3, -0.25) is 0 Å². The number of carbonyl (C=O) groups is 1. The number of allylic oxidation sites excluding steroid dienone is 1. The van der Waals surface area contributed by atoms with Crippen molar-refractivity contribution < 1.29 is 9.53 Å². The number of anilines is 1. The van der Waals surface area contributed by atoms with Gasteiger partial charge in [-0.25, -0.2) is 4.79 Å². The molecule has 1 aromatic heterocycles. The smallest absolute Gasteiger partial charge is 0.338 e. The van der Waals surface area contributed by atoms with Gasteiger partial charge in [-0.15, -0.1) is 0 Å². The number of carbonyl (C=O) groups excluding carboxylic acids is 1. The minimum atomic E-state index is -0.507. The number of hydrogen-bond donors (Lipinski definition) is 1. The molecule has 3 aromatic carbocycles. The number of benzene rings is 3. The van der Waals surface area contributed by atoms with Gasteiger partial charge in [0, 0.05) is 5.70 Å². The third kappa shape index (κ3) is 3.34. The van der Waals surface area contributed by atoms with Gasteiger partial charge in [-0.1, -0.05) is 77.9 Å². The van der Waals surface area contributed by atoms with Gasteiger partial charge in [0.15, 0.2) is 0 Å². The summed E-state index contributed by atoms with van der Waals surface area (Å²) in [6.07, 6.45) is -0.391. The van der Waals surface area contributed by atoms with Crippen LogP contribution in [0.5, 0.6) is 0 Å². The van der Waals surface area contributed by atoms with Gasteiger partial charge >= 0.3 is 5.97 Å². The summed E-state index contributed by atoms with van der Waals surface area (Å²) in [5.41, 5.74) is 3.03. The monoisotopic (exact) mass is 411 g/mol. The summed E-state index contributed by atoms with van der Waals surface area (Å²) in [5, 5.41) is 17.3. The van der Waals surface area contributed by atoms with Gasteiger partial charge in [-0.05, 0) is 46.2 Å². The van der Waals surface area contributed by atoms with E-state index in [4.69, 9.17) is 4.74 Å². The number of nitrogens with zero attached hydrogens (tertiary/aromatic N) is 4. The zero-order chi connectivity index (χ0) is 21.4. The molecule has 7 heteroatoms. The molecule has 4 aromatic rings. The van der Waals surface area contributed by atoms with Crippen LogP contribution in [0.2, 0.25) is 0 Å². The standard InChI is InChI=1S/C24H21N5O2/c1-15-21(23(30)31-16(2)17-9-4-3-5-10-17)22(29-24(25-15)26-27-28-29)20-14-8-12-18-11-6-7-13-19(18)20/h3-14,16,22H,1-2H3,(H,25,26,28)/t16-,22+/m0/s1. The molecule has 0 saturated carbocycles. The minimum Gasteiger partial charge on any atom is -0.454 e. The van der Waals surface area contributed by atoms with Crippen LogP contribution < -0.4 is 5.32 Å². The van der Waals surface area contributed by atoms with E-state index in [0.29, 0.717) is 17.2 Å². The molecular weight excluding hydrogens is 390 g/mol. The lowest BCUT2D eigenvalue weighted by Gasteiger charge is -2.29. The van der Waals surface area contributed by atoms with Crippen LogP contribution in [-0.2, 0) is 9.53 Å². The molecule has 0 radical (unpaired) electrons. The van der Waals surface area contributed by atoms with Crippen LogP contribution in [-0.4, -0.2) is 26.2 Å². The third-order valence-electron chi connectivity index (χ3n) is 5.60. The van der Waals surface area contributed by atoms with E-state index in [0.717, 1.165) is 21.9 Å². The van der Waals surface area contributed by atoms with Crippen molar-refractivity contribution in [1.29, 1.82) is 0 Å². The van der Waals surface area contributed by atoms with Crippen molar-refractivity contribution in [2.24, 2.45) is 0 Å². The van der Waals surface area contributed by atoms with Gasteiger partial charge in [0.25, 0.3) is 0 Å². The van der Waals surface area contributed by atoms with Crippen molar-refractivity contribution in [1.82, 2.24) is 20.2 Å². The van der Waals surface area contributed by atoms with Crippen LogP contribution in [0.3, 0.4) is 0 Å². The van der Waals surface area contributed by atoms with Gasteiger partial charge in [0.1, 0.15) is 12.1 Å². The molecule has 0 unspecified atom stereocenters. The Hall–Kier alpha value is -4.00. The molecule has 2 atom stereocenters. The predicted molar refractivity (Wildman–Crippen MR) is 117 cm³/mol. The number of ether oxygens (including phenoxy) is 1. The molecule has 5 rings (SSSR count). The highest BCUT2D eigenvalue weighted by Crippen LogP contribution is 2.38. The lowest BCUT2D eigenvalue weighted by Crippen LogP contribution is -2.30. The summed E-state index contributed by atoms with van der Waals surface area (Å²) in [6, 6.07) is 23.3. The molecule has 31 heavy (non-hydrogen) atoms. The fourth-order valence-corrected chi connectivity index (χ4v) is 4.07. The third-order valence-corrected chi connectivity index (χ3v) is 5.60. The number of fused-ring (bicyclic) bond motifs is 2. The Balaban J connectivity index is 1.60. The van der Waals surface area contributed by atoms with Gasteiger partial charge < -0.3 is 10.1 Å². The molecule has 1 N–H and O–H groups in total. The number of rotatable bonds is 4. The zero-order valence-electron chi connectivity index (χ0n) is 17.2. The Bertz CT molecular complexity index is 1290. The first kappa shape index (κ1) is 19.0. The van der Waals surface area contributed by atoms with E-state index in [1.807, 2.05) is 86.6 Å². The first-order valence-electron chi connectivity index (χ1n) is 10.1. The normalized spacial score (nSPS) is 16.5. The maximum atomic E-state index is 13.4. The number of hydrogen-bond acceptors (Lipinski definition) is 6. The van der Waals surface area contributed by atoms with Gasteiger partial charge in [0.2, 0.25) is 5.95 Å². The number of aromatic nitrogens is 4. The Morgan fingerprint density at radius 1 is 1.03 bits per heavy atom. The molecule has 154 valence electrons. The van der Waals surface area contributed by atoms with Crippen molar-refractivity contribution in [2.75, 3.05) is 5.32 Å². The summed E-state index contributed by atoms with van der Waals surface area (Å²) in [5.74, 6) is 0.0866. The number of esters is 1. The summed E-state index contributed by atoms with van der Waals surface area (Å²) >= 11 is 0. The topological polar surface area (TPSA) is 81.9 Å². The van der Waals surface area contributed by atoms with Crippen LogP contribution in [0.15, 0.2) is 84.1 Å². The maximum Gasteiger partial charge on any atom is 0.338 e. The van der Waals surface area contributed by atoms with Gasteiger partial charge in [-0.2, -0.15) is 4.68 Å². The second-order valence-electron chi connectivity index (χ2n) is 7.54. The molecule has 1 aliphatic heterocycles. The van der Waals surface area contributed by atoms with Crippen LogP contribution in [0.4, 0.5) is 5.95 Å². The quantitative estimate of drug-likeness (QED) is 0.501. The SMILES string of the molecule is CC1=C(C(=O)O[C@@H](C)c2ccccc2)[C@@H](c2cccc3ccccc23)n2nnnc2N1. The highest BCUT2D eigenvalue weighted by Gasteiger charge is 2.36. The van der Waals surface area contributed by atoms with E-state index < -0.39 is 18.1 Å². The summed E-state index contributed by atoms with van der Waals surface area (Å²) < 4.78 is 7.52. The molecule has 7 nitrogen and oxygen atoms in total. The van der Waals surface area contributed by atoms with E-state index in [-0.39, 0.29) is 0 Å². The fourth-order valence-electron chi connectivity index (χ4n) is 4.07.